The van der Waals surface area contributed by atoms with Crippen LogP contribution < -0.4 is 5.32 Å². The van der Waals surface area contributed by atoms with E-state index in [1.54, 1.807) is 0 Å². The number of ether oxygens (including phenoxy) is 1. The highest BCUT2D eigenvalue weighted by atomic mass is 16.5. The number of benzene rings is 2. The fraction of sp³-hybridized carbons (Fsp3) is 0.458. The van der Waals surface area contributed by atoms with Crippen LogP contribution in [0.4, 0.5) is 0 Å². The van der Waals surface area contributed by atoms with E-state index in [0.29, 0.717) is 19.1 Å². The number of carbonyl (C=O) groups excluding carboxylic acids is 1. The molecular weight excluding hydrogens is 348 g/mol. The lowest BCUT2D eigenvalue weighted by atomic mass is 9.98. The minimum Gasteiger partial charge on any atom is -0.369 e. The van der Waals surface area contributed by atoms with Gasteiger partial charge in [-0.15, -0.1) is 0 Å². The summed E-state index contributed by atoms with van der Waals surface area (Å²) in [6.07, 6.45) is 0.529. The van der Waals surface area contributed by atoms with Crippen LogP contribution in [0, 0.1) is 5.92 Å². The molecule has 0 bridgehead atoms. The van der Waals surface area contributed by atoms with Crippen molar-refractivity contribution in [2.24, 2.45) is 5.92 Å². The number of rotatable bonds is 10. The van der Waals surface area contributed by atoms with Crippen LogP contribution >= 0.6 is 0 Å². The van der Waals surface area contributed by atoms with Crippen molar-refractivity contribution in [3.63, 3.8) is 0 Å². The van der Waals surface area contributed by atoms with Gasteiger partial charge in [0.2, 0.25) is 5.91 Å². The topological polar surface area (TPSA) is 41.6 Å². The van der Waals surface area contributed by atoms with E-state index in [0.717, 1.165) is 29.7 Å². The van der Waals surface area contributed by atoms with Gasteiger partial charge in [-0.05, 0) is 55.6 Å². The Morgan fingerprint density at radius 3 is 2.36 bits per heavy atom. The van der Waals surface area contributed by atoms with Crippen molar-refractivity contribution in [2.45, 2.75) is 46.4 Å². The van der Waals surface area contributed by atoms with Gasteiger partial charge in [-0.2, -0.15) is 0 Å². The van der Waals surface area contributed by atoms with Gasteiger partial charge in [-0.25, -0.2) is 0 Å². The van der Waals surface area contributed by atoms with Gasteiger partial charge in [0, 0.05) is 19.7 Å². The molecule has 152 valence electrons. The maximum absolute atomic E-state index is 12.3. The highest BCUT2D eigenvalue weighted by molar-refractivity contribution is 5.80. The number of nitrogens with one attached hydrogen (secondary N) is 1. The summed E-state index contributed by atoms with van der Waals surface area (Å²) < 4.78 is 5.65. The first-order valence-corrected chi connectivity index (χ1v) is 10.1. The van der Waals surface area contributed by atoms with Crippen LogP contribution in [0.2, 0.25) is 0 Å². The molecule has 1 N–H and O–H groups in total. The number of amides is 1. The Morgan fingerprint density at radius 2 is 1.71 bits per heavy atom. The normalized spacial score (nSPS) is 12.4. The maximum atomic E-state index is 12.3. The Balaban J connectivity index is 1.99. The zero-order chi connectivity index (χ0) is 20.5. The highest BCUT2D eigenvalue weighted by Gasteiger charge is 2.14. The predicted molar refractivity (Wildman–Crippen MR) is 116 cm³/mol. The zero-order valence-electron chi connectivity index (χ0n) is 17.9. The summed E-state index contributed by atoms with van der Waals surface area (Å²) in [4.78, 5) is 14.5. The quantitative estimate of drug-likeness (QED) is 0.659. The Hall–Kier alpha value is -2.17. The standard InChI is InChI=1S/C24H34N2O2/c1-18(2)14-15-28-19(3)24(27)25-16-22-8-6-7-9-23(22)21-12-10-20(11-13-21)17-26(4)5/h6-13,18-19H,14-17H2,1-5H3,(H,25,27)/t19-/m0/s1. The number of carbonyl (C=O) groups is 1. The molecule has 0 aromatic heterocycles. The SMILES string of the molecule is CC(C)CCO[C@@H](C)C(=O)NCc1ccccc1-c1ccc(CN(C)C)cc1. The molecule has 1 atom stereocenters. The Bertz CT molecular complexity index is 739. The van der Waals surface area contributed by atoms with Gasteiger partial charge in [0.25, 0.3) is 0 Å². The Morgan fingerprint density at radius 1 is 1.04 bits per heavy atom. The molecule has 0 spiro atoms. The van der Waals surface area contributed by atoms with Crippen molar-refractivity contribution in [1.29, 1.82) is 0 Å². The second-order valence-electron chi connectivity index (χ2n) is 8.01. The average molecular weight is 383 g/mol. The molecule has 0 radical (unpaired) electrons. The molecule has 4 nitrogen and oxygen atoms in total. The molecule has 0 aliphatic carbocycles. The molecule has 0 fully saturated rings. The number of nitrogens with zero attached hydrogens (tertiary/aromatic N) is 1. The van der Waals surface area contributed by atoms with Crippen LogP contribution in [-0.4, -0.2) is 37.6 Å². The van der Waals surface area contributed by atoms with E-state index < -0.39 is 6.10 Å². The highest BCUT2D eigenvalue weighted by Crippen LogP contribution is 2.24. The minimum atomic E-state index is -0.434. The maximum Gasteiger partial charge on any atom is 0.249 e. The zero-order valence-corrected chi connectivity index (χ0v) is 17.9. The molecule has 0 saturated carbocycles. The molecule has 0 unspecified atom stereocenters. The minimum absolute atomic E-state index is 0.0695. The fourth-order valence-corrected chi connectivity index (χ4v) is 2.99. The van der Waals surface area contributed by atoms with Gasteiger partial charge in [-0.3, -0.25) is 4.79 Å². The van der Waals surface area contributed by atoms with Gasteiger partial charge in [0.1, 0.15) is 6.10 Å². The van der Waals surface area contributed by atoms with Gasteiger partial charge >= 0.3 is 0 Å². The van der Waals surface area contributed by atoms with Crippen molar-refractivity contribution in [2.75, 3.05) is 20.7 Å². The van der Waals surface area contributed by atoms with Crippen LogP contribution in [-0.2, 0) is 22.6 Å². The van der Waals surface area contributed by atoms with Gasteiger partial charge in [-0.1, -0.05) is 62.4 Å². The molecule has 28 heavy (non-hydrogen) atoms. The summed E-state index contributed by atoms with van der Waals surface area (Å²) in [7, 11) is 4.14. The molecule has 2 aromatic carbocycles. The second-order valence-corrected chi connectivity index (χ2v) is 8.01. The second kappa shape index (κ2) is 11.0. The third-order valence-corrected chi connectivity index (χ3v) is 4.67. The summed E-state index contributed by atoms with van der Waals surface area (Å²) in [5, 5.41) is 3.01. The van der Waals surface area contributed by atoms with E-state index >= 15 is 0 Å². The van der Waals surface area contributed by atoms with Crippen LogP contribution in [0.5, 0.6) is 0 Å². The van der Waals surface area contributed by atoms with Crippen molar-refractivity contribution >= 4 is 5.91 Å². The summed E-state index contributed by atoms with van der Waals surface area (Å²) in [6, 6.07) is 16.8. The fourth-order valence-electron chi connectivity index (χ4n) is 2.99. The van der Waals surface area contributed by atoms with E-state index in [1.807, 2.05) is 19.1 Å². The van der Waals surface area contributed by atoms with Crippen LogP contribution in [0.15, 0.2) is 48.5 Å². The Kier molecular flexibility index (Phi) is 8.68. The first-order valence-electron chi connectivity index (χ1n) is 10.1. The lowest BCUT2D eigenvalue weighted by Crippen LogP contribution is -2.34. The molecule has 1 amide bonds. The average Bonchev–Trinajstić information content (AvgIpc) is 2.66. The van der Waals surface area contributed by atoms with E-state index in [2.05, 4.69) is 74.6 Å². The van der Waals surface area contributed by atoms with Gasteiger partial charge in [0.05, 0.1) is 0 Å². The first-order chi connectivity index (χ1) is 13.4. The molecular formula is C24H34N2O2. The van der Waals surface area contributed by atoms with E-state index in [1.165, 1.54) is 5.56 Å². The number of hydrogen-bond donors (Lipinski definition) is 1. The smallest absolute Gasteiger partial charge is 0.249 e. The van der Waals surface area contributed by atoms with Crippen LogP contribution in [0.25, 0.3) is 11.1 Å². The predicted octanol–water partition coefficient (Wildman–Crippen LogP) is 4.48. The largest absolute Gasteiger partial charge is 0.369 e. The van der Waals surface area contributed by atoms with Crippen molar-refractivity contribution in [3.05, 3.63) is 59.7 Å². The summed E-state index contributed by atoms with van der Waals surface area (Å²) in [5.41, 5.74) is 4.69. The Labute approximate surface area is 169 Å². The summed E-state index contributed by atoms with van der Waals surface area (Å²) in [6.45, 7) is 8.14. The molecule has 0 aliphatic heterocycles. The summed E-state index contributed by atoms with van der Waals surface area (Å²) >= 11 is 0. The van der Waals surface area contributed by atoms with E-state index in [4.69, 9.17) is 4.74 Å². The van der Waals surface area contributed by atoms with E-state index in [-0.39, 0.29) is 5.91 Å². The molecule has 0 heterocycles. The van der Waals surface area contributed by atoms with Gasteiger partial charge in [0.15, 0.2) is 0 Å². The van der Waals surface area contributed by atoms with E-state index in [9.17, 15) is 4.79 Å². The third-order valence-electron chi connectivity index (χ3n) is 4.67. The molecule has 2 aromatic rings. The first kappa shape index (κ1) is 22.1. The summed E-state index contributed by atoms with van der Waals surface area (Å²) in [5.74, 6) is 0.506. The van der Waals surface area contributed by atoms with Crippen molar-refractivity contribution < 1.29 is 9.53 Å². The third kappa shape index (κ3) is 7.10. The molecule has 2 rings (SSSR count). The lowest BCUT2D eigenvalue weighted by Gasteiger charge is -2.16. The van der Waals surface area contributed by atoms with Crippen molar-refractivity contribution in [3.8, 4) is 11.1 Å². The molecule has 4 heteroatoms. The van der Waals surface area contributed by atoms with Crippen LogP contribution in [0.3, 0.4) is 0 Å². The van der Waals surface area contributed by atoms with Crippen LogP contribution in [0.1, 0.15) is 38.3 Å². The monoisotopic (exact) mass is 382 g/mol. The lowest BCUT2D eigenvalue weighted by molar-refractivity contribution is -0.132. The molecule has 0 saturated heterocycles. The molecule has 0 aliphatic rings. The van der Waals surface area contributed by atoms with Gasteiger partial charge < -0.3 is 15.0 Å². The number of hydrogen-bond acceptors (Lipinski definition) is 3. The van der Waals surface area contributed by atoms with Crippen molar-refractivity contribution in [1.82, 2.24) is 10.2 Å².